The Hall–Kier alpha value is -1.70. The van der Waals surface area contributed by atoms with E-state index in [9.17, 15) is 5.26 Å². The first-order valence-corrected chi connectivity index (χ1v) is 8.97. The summed E-state index contributed by atoms with van der Waals surface area (Å²) in [5.41, 5.74) is 2.28. The van der Waals surface area contributed by atoms with Crippen molar-refractivity contribution in [1.82, 2.24) is 4.98 Å². The van der Waals surface area contributed by atoms with E-state index >= 15 is 0 Å². The Kier molecular flexibility index (Phi) is 4.79. The van der Waals surface area contributed by atoms with Crippen LogP contribution >= 0.6 is 23.4 Å². The van der Waals surface area contributed by atoms with E-state index in [-0.39, 0.29) is 5.15 Å². The van der Waals surface area contributed by atoms with Crippen LogP contribution in [0.4, 0.5) is 5.82 Å². The molecule has 0 amide bonds. The Morgan fingerprint density at radius 1 is 1.22 bits per heavy atom. The van der Waals surface area contributed by atoms with E-state index in [1.807, 2.05) is 48.2 Å². The molecule has 0 radical (unpaired) electrons. The minimum absolute atomic E-state index is 0.280. The maximum atomic E-state index is 9.45. The molecular formula is C18H18ClN3S. The van der Waals surface area contributed by atoms with Gasteiger partial charge in [-0.1, -0.05) is 55.8 Å². The Morgan fingerprint density at radius 3 is 2.48 bits per heavy atom. The summed E-state index contributed by atoms with van der Waals surface area (Å²) in [6.07, 6.45) is 0. The van der Waals surface area contributed by atoms with Gasteiger partial charge in [-0.3, -0.25) is 0 Å². The fourth-order valence-corrected chi connectivity index (χ4v) is 4.54. The van der Waals surface area contributed by atoms with Gasteiger partial charge in [0.15, 0.2) is 0 Å². The number of nitrogens with zero attached hydrogens (tertiary/aromatic N) is 3. The molecular weight excluding hydrogens is 326 g/mol. The van der Waals surface area contributed by atoms with Crippen LogP contribution in [0.15, 0.2) is 36.4 Å². The highest BCUT2D eigenvalue weighted by molar-refractivity contribution is 8.00. The first kappa shape index (κ1) is 16.2. The van der Waals surface area contributed by atoms with Gasteiger partial charge in [0, 0.05) is 29.2 Å². The molecule has 0 aliphatic carbocycles. The van der Waals surface area contributed by atoms with Crippen LogP contribution in [0.1, 0.15) is 19.4 Å². The van der Waals surface area contributed by atoms with Gasteiger partial charge >= 0.3 is 0 Å². The lowest BCUT2D eigenvalue weighted by atomic mass is 10.0. The molecule has 1 fully saturated rings. The molecule has 1 saturated heterocycles. The Balaban J connectivity index is 2.07. The van der Waals surface area contributed by atoms with E-state index in [4.69, 9.17) is 11.6 Å². The lowest BCUT2D eigenvalue weighted by Crippen LogP contribution is -2.40. The van der Waals surface area contributed by atoms with Crippen molar-refractivity contribution >= 4 is 29.2 Å². The third kappa shape index (κ3) is 3.46. The number of aromatic nitrogens is 1. The van der Waals surface area contributed by atoms with Gasteiger partial charge in [-0.25, -0.2) is 4.98 Å². The second-order valence-corrected chi connectivity index (χ2v) is 8.07. The molecule has 2 atom stereocenters. The molecule has 1 aromatic carbocycles. The molecule has 0 spiro atoms. The number of nitriles is 1. The van der Waals surface area contributed by atoms with Crippen molar-refractivity contribution in [3.63, 3.8) is 0 Å². The van der Waals surface area contributed by atoms with Gasteiger partial charge < -0.3 is 4.90 Å². The maximum absolute atomic E-state index is 9.45. The highest BCUT2D eigenvalue weighted by atomic mass is 35.5. The number of hydrogen-bond donors (Lipinski definition) is 0. The number of halogens is 1. The fraction of sp³-hybridized carbons (Fsp3) is 0.333. The summed E-state index contributed by atoms with van der Waals surface area (Å²) < 4.78 is 0. The molecule has 0 N–H and O–H groups in total. The first-order chi connectivity index (χ1) is 11.1. The van der Waals surface area contributed by atoms with Gasteiger partial charge in [0.1, 0.15) is 17.0 Å². The molecule has 0 saturated carbocycles. The minimum atomic E-state index is 0.280. The van der Waals surface area contributed by atoms with Gasteiger partial charge in [0.05, 0.1) is 5.56 Å². The SMILES string of the molecule is CC1CN(c2cc(-c3ccccc3)c(C#N)c(Cl)n2)CC(C)S1. The van der Waals surface area contributed by atoms with Crippen molar-refractivity contribution in [3.8, 4) is 17.2 Å². The first-order valence-electron chi connectivity index (χ1n) is 7.65. The van der Waals surface area contributed by atoms with Crippen LogP contribution in [-0.2, 0) is 0 Å². The van der Waals surface area contributed by atoms with E-state index in [1.165, 1.54) is 0 Å². The van der Waals surface area contributed by atoms with Crippen molar-refractivity contribution in [2.24, 2.45) is 0 Å². The molecule has 2 heterocycles. The zero-order valence-corrected chi connectivity index (χ0v) is 14.7. The van der Waals surface area contributed by atoms with Crippen molar-refractivity contribution in [2.45, 2.75) is 24.3 Å². The molecule has 2 unspecified atom stereocenters. The highest BCUT2D eigenvalue weighted by Gasteiger charge is 2.25. The van der Waals surface area contributed by atoms with Crippen molar-refractivity contribution < 1.29 is 0 Å². The van der Waals surface area contributed by atoms with Crippen LogP contribution < -0.4 is 4.90 Å². The number of benzene rings is 1. The summed E-state index contributed by atoms with van der Waals surface area (Å²) >= 11 is 8.31. The molecule has 1 aliphatic rings. The predicted molar refractivity (Wildman–Crippen MR) is 98.1 cm³/mol. The van der Waals surface area contributed by atoms with Gasteiger partial charge in [0.2, 0.25) is 0 Å². The summed E-state index contributed by atoms with van der Waals surface area (Å²) in [6.45, 7) is 6.35. The Morgan fingerprint density at radius 2 is 1.87 bits per heavy atom. The molecule has 2 aromatic rings. The van der Waals surface area contributed by atoms with E-state index in [0.717, 1.165) is 30.0 Å². The number of hydrogen-bond acceptors (Lipinski definition) is 4. The summed E-state index contributed by atoms with van der Waals surface area (Å²) in [5, 5.41) is 10.8. The topological polar surface area (TPSA) is 39.9 Å². The van der Waals surface area contributed by atoms with E-state index in [1.54, 1.807) is 0 Å². The lowest BCUT2D eigenvalue weighted by Gasteiger charge is -2.35. The molecule has 1 aromatic heterocycles. The Bertz CT molecular complexity index is 732. The maximum Gasteiger partial charge on any atom is 0.149 e. The predicted octanol–water partition coefficient (Wildman–Crippen LogP) is 4.60. The summed E-state index contributed by atoms with van der Waals surface area (Å²) in [5.74, 6) is 0.854. The minimum Gasteiger partial charge on any atom is -0.354 e. The molecule has 3 nitrogen and oxygen atoms in total. The molecule has 23 heavy (non-hydrogen) atoms. The van der Waals surface area contributed by atoms with Crippen LogP contribution in [0, 0.1) is 11.3 Å². The quantitative estimate of drug-likeness (QED) is 0.747. The van der Waals surface area contributed by atoms with Crippen molar-refractivity contribution in [1.29, 1.82) is 5.26 Å². The van der Waals surface area contributed by atoms with Crippen LogP contribution in [0.2, 0.25) is 5.15 Å². The summed E-state index contributed by atoms with van der Waals surface area (Å²) in [7, 11) is 0. The normalized spacial score (nSPS) is 21.0. The smallest absolute Gasteiger partial charge is 0.149 e. The zero-order valence-electron chi connectivity index (χ0n) is 13.2. The second kappa shape index (κ2) is 6.82. The third-order valence-corrected chi connectivity index (χ3v) is 5.40. The monoisotopic (exact) mass is 343 g/mol. The summed E-state index contributed by atoms with van der Waals surface area (Å²) in [4.78, 5) is 6.75. The van der Waals surface area contributed by atoms with Crippen molar-refractivity contribution in [3.05, 3.63) is 47.1 Å². The number of pyridine rings is 1. The molecule has 1 aliphatic heterocycles. The third-order valence-electron chi connectivity index (χ3n) is 3.90. The van der Waals surface area contributed by atoms with Crippen LogP contribution in [-0.4, -0.2) is 28.6 Å². The van der Waals surface area contributed by atoms with Gasteiger partial charge in [-0.05, 0) is 11.6 Å². The van der Waals surface area contributed by atoms with E-state index < -0.39 is 0 Å². The van der Waals surface area contributed by atoms with E-state index in [2.05, 4.69) is 29.8 Å². The van der Waals surface area contributed by atoms with Crippen molar-refractivity contribution in [2.75, 3.05) is 18.0 Å². The average molecular weight is 344 g/mol. The highest BCUT2D eigenvalue weighted by Crippen LogP contribution is 2.34. The molecule has 5 heteroatoms. The standard InChI is InChI=1S/C18H18ClN3S/c1-12-10-22(11-13(2)23-12)17-8-15(14-6-4-3-5-7-14)16(9-20)18(19)21-17/h3-8,12-13H,10-11H2,1-2H3. The van der Waals surface area contributed by atoms with Gasteiger partial charge in [0.25, 0.3) is 0 Å². The van der Waals surface area contributed by atoms with Crippen LogP contribution in [0.5, 0.6) is 0 Å². The zero-order chi connectivity index (χ0) is 16.4. The number of rotatable bonds is 2. The van der Waals surface area contributed by atoms with E-state index in [0.29, 0.717) is 16.1 Å². The van der Waals surface area contributed by atoms with Crippen LogP contribution in [0.25, 0.3) is 11.1 Å². The lowest BCUT2D eigenvalue weighted by molar-refractivity contribution is 0.719. The summed E-state index contributed by atoms with van der Waals surface area (Å²) in [6, 6.07) is 14.1. The Labute approximate surface area is 146 Å². The number of thioether (sulfide) groups is 1. The van der Waals surface area contributed by atoms with Gasteiger partial charge in [-0.15, -0.1) is 0 Å². The molecule has 118 valence electrons. The largest absolute Gasteiger partial charge is 0.354 e. The molecule has 0 bridgehead atoms. The second-order valence-electron chi connectivity index (χ2n) is 5.83. The molecule has 3 rings (SSSR count). The number of anilines is 1. The average Bonchev–Trinajstić information content (AvgIpc) is 2.54. The fourth-order valence-electron chi connectivity index (χ4n) is 2.98. The van der Waals surface area contributed by atoms with Crippen LogP contribution in [0.3, 0.4) is 0 Å². The van der Waals surface area contributed by atoms with Gasteiger partial charge in [-0.2, -0.15) is 17.0 Å².